The molecule has 1 saturated heterocycles. The number of amides is 3. The summed E-state index contributed by atoms with van der Waals surface area (Å²) in [6.45, 7) is 3.65. The normalized spacial score (nSPS) is 22.4. The van der Waals surface area contributed by atoms with E-state index in [0.717, 1.165) is 5.56 Å². The average Bonchev–Trinajstić information content (AvgIpc) is 2.77. The molecule has 0 spiro atoms. The van der Waals surface area contributed by atoms with E-state index in [2.05, 4.69) is 10.0 Å². The molecule has 116 valence electrons. The maximum atomic E-state index is 12.7. The number of carbonyl (C=O) groups is 2. The van der Waals surface area contributed by atoms with E-state index in [1.165, 1.54) is 4.90 Å². The number of imide groups is 1. The number of hydrogen-bond acceptors (Lipinski definition) is 3. The summed E-state index contributed by atoms with van der Waals surface area (Å²) < 4.78 is 0. The van der Waals surface area contributed by atoms with Gasteiger partial charge < -0.3 is 4.90 Å². The van der Waals surface area contributed by atoms with Gasteiger partial charge in [-0.2, -0.15) is 0 Å². The van der Waals surface area contributed by atoms with Crippen LogP contribution in [0, 0.1) is 0 Å². The summed E-state index contributed by atoms with van der Waals surface area (Å²) >= 11 is 0. The van der Waals surface area contributed by atoms with Crippen LogP contribution in [0.15, 0.2) is 35.4 Å². The second-order valence-electron chi connectivity index (χ2n) is 5.33. The lowest BCUT2D eigenvalue weighted by atomic mass is 9.99. The van der Waals surface area contributed by atoms with E-state index in [1.807, 2.05) is 37.3 Å². The van der Waals surface area contributed by atoms with Crippen LogP contribution in [0.2, 0.25) is 0 Å². The predicted octanol–water partition coefficient (Wildman–Crippen LogP) is 3.10. The van der Waals surface area contributed by atoms with Gasteiger partial charge in [-0.15, -0.1) is 0 Å². The van der Waals surface area contributed by atoms with Crippen molar-refractivity contribution in [2.24, 2.45) is 5.11 Å². The Morgan fingerprint density at radius 1 is 1.41 bits per heavy atom. The first kappa shape index (κ1) is 15.9. The van der Waals surface area contributed by atoms with Crippen molar-refractivity contribution in [3.8, 4) is 0 Å². The summed E-state index contributed by atoms with van der Waals surface area (Å²) in [5.41, 5.74) is 9.49. The van der Waals surface area contributed by atoms with Gasteiger partial charge in [-0.3, -0.25) is 9.69 Å². The van der Waals surface area contributed by atoms with Gasteiger partial charge in [-0.1, -0.05) is 42.4 Å². The largest absolute Gasteiger partial charge is 0.327 e. The first-order valence-electron chi connectivity index (χ1n) is 7.21. The lowest BCUT2D eigenvalue weighted by Gasteiger charge is -2.25. The van der Waals surface area contributed by atoms with Crippen molar-refractivity contribution in [1.29, 1.82) is 0 Å². The Hall–Kier alpha value is -2.53. The topological polar surface area (TPSA) is 89.4 Å². The molecule has 1 aromatic rings. The number of nitrogens with zero attached hydrogens (tertiary/aromatic N) is 5. The predicted molar refractivity (Wildman–Crippen MR) is 81.9 cm³/mol. The molecule has 7 nitrogen and oxygen atoms in total. The Labute approximate surface area is 129 Å². The first-order valence-corrected chi connectivity index (χ1v) is 7.21. The Morgan fingerprint density at radius 3 is 2.59 bits per heavy atom. The second-order valence-corrected chi connectivity index (χ2v) is 5.33. The Morgan fingerprint density at radius 2 is 2.05 bits per heavy atom. The smallest absolute Gasteiger partial charge is 0.322 e. The molecule has 1 aliphatic heterocycles. The highest BCUT2D eigenvalue weighted by Gasteiger charge is 2.46. The molecule has 0 saturated carbocycles. The quantitative estimate of drug-likeness (QED) is 0.486. The van der Waals surface area contributed by atoms with Crippen LogP contribution < -0.4 is 0 Å². The van der Waals surface area contributed by atoms with Crippen molar-refractivity contribution in [2.75, 3.05) is 7.05 Å². The minimum atomic E-state index is -0.862. The third-order valence-electron chi connectivity index (χ3n) is 4.10. The van der Waals surface area contributed by atoms with Crippen LogP contribution in [-0.4, -0.2) is 40.9 Å². The Bertz CT molecular complexity index is 612. The number of carbonyl (C=O) groups excluding carboxylic acids is 2. The van der Waals surface area contributed by atoms with E-state index >= 15 is 0 Å². The maximum Gasteiger partial charge on any atom is 0.327 e. The molecule has 3 atom stereocenters. The molecule has 0 bridgehead atoms. The molecule has 3 amide bonds. The lowest BCUT2D eigenvalue weighted by molar-refractivity contribution is -0.130. The molecule has 7 heteroatoms. The van der Waals surface area contributed by atoms with Gasteiger partial charge in [0.25, 0.3) is 0 Å². The number of benzene rings is 1. The molecule has 2 rings (SSSR count). The fourth-order valence-corrected chi connectivity index (χ4v) is 2.73. The molecule has 0 aromatic heterocycles. The standard InChI is InChI=1S/C15H19N5O2/c1-4-12(17-18-16)14(21)20-13(10(2)19(3)15(20)22)11-8-6-5-7-9-11/h5-10,12-13H,4H2,1-3H3/t10-,12-,13-/m0/s1. The number of rotatable bonds is 4. The molecule has 1 heterocycles. The number of azide groups is 1. The minimum absolute atomic E-state index is 0.151. The average molecular weight is 301 g/mol. The molecular weight excluding hydrogens is 282 g/mol. The molecule has 0 radical (unpaired) electrons. The fraction of sp³-hybridized carbons (Fsp3) is 0.467. The summed E-state index contributed by atoms with van der Waals surface area (Å²) in [6.07, 6.45) is 0.353. The van der Waals surface area contributed by atoms with Crippen LogP contribution in [0.1, 0.15) is 31.9 Å². The molecule has 0 N–H and O–H groups in total. The zero-order chi connectivity index (χ0) is 16.3. The minimum Gasteiger partial charge on any atom is -0.322 e. The van der Waals surface area contributed by atoms with Crippen LogP contribution in [0.25, 0.3) is 10.4 Å². The summed E-state index contributed by atoms with van der Waals surface area (Å²) in [4.78, 5) is 30.6. The summed E-state index contributed by atoms with van der Waals surface area (Å²) in [6, 6.07) is 7.66. The van der Waals surface area contributed by atoms with Crippen molar-refractivity contribution in [3.63, 3.8) is 0 Å². The molecule has 1 aromatic carbocycles. The lowest BCUT2D eigenvalue weighted by Crippen LogP contribution is -2.41. The maximum absolute atomic E-state index is 12.7. The Balaban J connectivity index is 2.43. The molecule has 1 aliphatic rings. The van der Waals surface area contributed by atoms with Gasteiger partial charge in [-0.25, -0.2) is 4.79 Å². The zero-order valence-corrected chi connectivity index (χ0v) is 12.9. The van der Waals surface area contributed by atoms with E-state index in [1.54, 1.807) is 18.9 Å². The second kappa shape index (κ2) is 6.49. The van der Waals surface area contributed by atoms with Gasteiger partial charge in [0, 0.05) is 12.0 Å². The zero-order valence-electron chi connectivity index (χ0n) is 12.9. The van der Waals surface area contributed by atoms with Gasteiger partial charge >= 0.3 is 6.03 Å². The Kier molecular flexibility index (Phi) is 4.68. The van der Waals surface area contributed by atoms with Crippen molar-refractivity contribution < 1.29 is 9.59 Å². The summed E-state index contributed by atoms with van der Waals surface area (Å²) in [5.74, 6) is -0.449. The molecule has 22 heavy (non-hydrogen) atoms. The number of hydrogen-bond donors (Lipinski definition) is 0. The highest BCUT2D eigenvalue weighted by atomic mass is 16.2. The van der Waals surface area contributed by atoms with E-state index in [0.29, 0.717) is 6.42 Å². The third-order valence-corrected chi connectivity index (χ3v) is 4.10. The van der Waals surface area contributed by atoms with Crippen LogP contribution in [0.4, 0.5) is 4.79 Å². The van der Waals surface area contributed by atoms with E-state index in [9.17, 15) is 9.59 Å². The molecule has 0 unspecified atom stereocenters. The van der Waals surface area contributed by atoms with Gasteiger partial charge in [0.05, 0.1) is 12.1 Å². The highest BCUT2D eigenvalue weighted by Crippen LogP contribution is 2.35. The molecule has 1 fully saturated rings. The summed E-state index contributed by atoms with van der Waals surface area (Å²) in [5, 5.41) is 3.52. The molecular formula is C15H19N5O2. The monoisotopic (exact) mass is 301 g/mol. The number of likely N-dealkylation sites (N-methyl/N-ethyl adjacent to an activating group) is 1. The van der Waals surface area contributed by atoms with Crippen LogP contribution in [0.3, 0.4) is 0 Å². The van der Waals surface area contributed by atoms with Crippen LogP contribution in [-0.2, 0) is 4.79 Å². The van der Waals surface area contributed by atoms with Crippen molar-refractivity contribution in [2.45, 2.75) is 38.4 Å². The fourth-order valence-electron chi connectivity index (χ4n) is 2.73. The van der Waals surface area contributed by atoms with E-state index < -0.39 is 11.9 Å². The SMILES string of the molecule is CC[C@H](N=[N+]=[N-])C(=O)N1C(=O)N(C)[C@@H](C)[C@H]1c1ccccc1. The summed E-state index contributed by atoms with van der Waals surface area (Å²) in [7, 11) is 1.67. The van der Waals surface area contributed by atoms with Crippen molar-refractivity contribution >= 4 is 11.9 Å². The highest BCUT2D eigenvalue weighted by molar-refractivity contribution is 5.99. The van der Waals surface area contributed by atoms with Crippen LogP contribution in [0.5, 0.6) is 0 Å². The third kappa shape index (κ3) is 2.63. The van der Waals surface area contributed by atoms with E-state index in [-0.39, 0.29) is 18.1 Å². The van der Waals surface area contributed by atoms with Gasteiger partial charge in [0.1, 0.15) is 6.04 Å². The molecule has 0 aliphatic carbocycles. The van der Waals surface area contributed by atoms with Gasteiger partial charge in [-0.05, 0) is 24.4 Å². The van der Waals surface area contributed by atoms with Crippen LogP contribution >= 0.6 is 0 Å². The first-order chi connectivity index (χ1) is 10.5. The van der Waals surface area contributed by atoms with E-state index in [4.69, 9.17) is 5.53 Å². The van der Waals surface area contributed by atoms with Crippen molar-refractivity contribution in [3.05, 3.63) is 46.3 Å². The van der Waals surface area contributed by atoms with Gasteiger partial charge in [0.2, 0.25) is 5.91 Å². The van der Waals surface area contributed by atoms with Gasteiger partial charge in [0.15, 0.2) is 0 Å². The number of urea groups is 1. The van der Waals surface area contributed by atoms with Crippen molar-refractivity contribution in [1.82, 2.24) is 9.80 Å².